The fourth-order valence-electron chi connectivity index (χ4n) is 1.75. The number of rotatable bonds is 5. The molecule has 0 saturated heterocycles. The molecule has 3 N–H and O–H groups in total. The molecule has 7 heteroatoms. The van der Waals surface area contributed by atoms with Gasteiger partial charge in [-0.05, 0) is 11.6 Å². The van der Waals surface area contributed by atoms with Crippen LogP contribution in [0.25, 0.3) is 0 Å². The Balaban J connectivity index is 2.09. The van der Waals surface area contributed by atoms with E-state index < -0.39 is 23.5 Å². The standard InChI is InChI=1S/C14H13N3O4/c18-12-7-6-10(16-17-12)13(19)15-11(14(20)21)8-9-4-2-1-3-5-9/h1-7,11H,8H2,(H,15,19)(H,17,18)(H,20,21)/t11-/m0/s1. The van der Waals surface area contributed by atoms with Gasteiger partial charge >= 0.3 is 5.97 Å². The number of benzene rings is 1. The molecule has 1 atom stereocenters. The quantitative estimate of drug-likeness (QED) is 0.727. The maximum Gasteiger partial charge on any atom is 0.326 e. The van der Waals surface area contributed by atoms with Crippen LogP contribution in [0.4, 0.5) is 0 Å². The second kappa shape index (κ2) is 6.47. The Labute approximate surface area is 119 Å². The topological polar surface area (TPSA) is 112 Å². The molecular formula is C14H13N3O4. The Kier molecular flexibility index (Phi) is 4.45. The van der Waals surface area contributed by atoms with Crippen LogP contribution in [0.5, 0.6) is 0 Å². The van der Waals surface area contributed by atoms with Crippen LogP contribution in [-0.2, 0) is 11.2 Å². The summed E-state index contributed by atoms with van der Waals surface area (Å²) in [5.74, 6) is -1.80. The van der Waals surface area contributed by atoms with Crippen molar-refractivity contribution in [3.8, 4) is 0 Å². The molecule has 0 aliphatic rings. The third kappa shape index (κ3) is 4.00. The fourth-order valence-corrected chi connectivity index (χ4v) is 1.75. The Morgan fingerprint density at radius 3 is 2.48 bits per heavy atom. The van der Waals surface area contributed by atoms with Crippen LogP contribution in [0.15, 0.2) is 47.3 Å². The summed E-state index contributed by atoms with van der Waals surface area (Å²) < 4.78 is 0. The first-order valence-corrected chi connectivity index (χ1v) is 6.19. The fraction of sp³-hybridized carbons (Fsp3) is 0.143. The molecule has 0 aliphatic carbocycles. The minimum absolute atomic E-state index is 0.0473. The van der Waals surface area contributed by atoms with Gasteiger partial charge in [0.15, 0.2) is 0 Å². The van der Waals surface area contributed by atoms with Crippen molar-refractivity contribution >= 4 is 11.9 Å². The number of aromatic amines is 1. The molecule has 1 heterocycles. The molecular weight excluding hydrogens is 274 g/mol. The van der Waals surface area contributed by atoms with E-state index in [1.807, 2.05) is 6.07 Å². The molecule has 21 heavy (non-hydrogen) atoms. The lowest BCUT2D eigenvalue weighted by Gasteiger charge is -2.14. The zero-order valence-corrected chi connectivity index (χ0v) is 10.9. The predicted molar refractivity (Wildman–Crippen MR) is 73.9 cm³/mol. The summed E-state index contributed by atoms with van der Waals surface area (Å²) in [6.07, 6.45) is 0.158. The molecule has 1 aromatic heterocycles. The Morgan fingerprint density at radius 2 is 1.90 bits per heavy atom. The molecule has 0 bridgehead atoms. The van der Waals surface area contributed by atoms with E-state index in [9.17, 15) is 19.5 Å². The summed E-state index contributed by atoms with van der Waals surface area (Å²) in [7, 11) is 0. The number of H-pyrrole nitrogens is 1. The molecule has 0 spiro atoms. The Bertz CT molecular complexity index is 676. The van der Waals surface area contributed by atoms with E-state index in [0.29, 0.717) is 0 Å². The first kappa shape index (κ1) is 14.4. The first-order valence-electron chi connectivity index (χ1n) is 6.19. The Morgan fingerprint density at radius 1 is 1.19 bits per heavy atom. The molecule has 1 aromatic carbocycles. The molecule has 0 saturated carbocycles. The van der Waals surface area contributed by atoms with Crippen LogP contribution < -0.4 is 10.9 Å². The number of aliphatic carboxylic acids is 1. The maximum absolute atomic E-state index is 11.9. The third-order valence-electron chi connectivity index (χ3n) is 2.80. The molecule has 0 radical (unpaired) electrons. The highest BCUT2D eigenvalue weighted by atomic mass is 16.4. The van der Waals surface area contributed by atoms with Gasteiger partial charge in [0.1, 0.15) is 11.7 Å². The van der Waals surface area contributed by atoms with Gasteiger partial charge in [0.2, 0.25) is 0 Å². The van der Waals surface area contributed by atoms with Crippen molar-refractivity contribution in [2.45, 2.75) is 12.5 Å². The SMILES string of the molecule is O=C(N[C@@H](Cc1ccccc1)C(=O)O)c1ccc(=O)[nH]n1. The Hall–Kier alpha value is -2.96. The van der Waals surface area contributed by atoms with E-state index in [4.69, 9.17) is 0 Å². The lowest BCUT2D eigenvalue weighted by molar-refractivity contribution is -0.139. The van der Waals surface area contributed by atoms with Crippen LogP contribution in [0.1, 0.15) is 16.1 Å². The minimum Gasteiger partial charge on any atom is -0.480 e. The molecule has 1 amide bonds. The van der Waals surface area contributed by atoms with Crippen LogP contribution in [0.2, 0.25) is 0 Å². The summed E-state index contributed by atoms with van der Waals surface area (Å²) in [6, 6.07) is 10.3. The number of hydrogen-bond acceptors (Lipinski definition) is 4. The number of amides is 1. The molecule has 0 fully saturated rings. The second-order valence-corrected chi connectivity index (χ2v) is 4.36. The number of hydrogen-bond donors (Lipinski definition) is 3. The normalized spacial score (nSPS) is 11.6. The van der Waals surface area contributed by atoms with Crippen molar-refractivity contribution < 1.29 is 14.7 Å². The molecule has 108 valence electrons. The van der Waals surface area contributed by atoms with E-state index in [1.54, 1.807) is 24.3 Å². The summed E-state index contributed by atoms with van der Waals surface area (Å²) in [5.41, 5.74) is 0.305. The number of aromatic nitrogens is 2. The van der Waals surface area contributed by atoms with Crippen LogP contribution in [0.3, 0.4) is 0 Å². The van der Waals surface area contributed by atoms with E-state index in [2.05, 4.69) is 15.5 Å². The van der Waals surface area contributed by atoms with Crippen molar-refractivity contribution in [2.24, 2.45) is 0 Å². The number of carboxylic acid groups (broad SMARTS) is 1. The summed E-state index contributed by atoms with van der Waals surface area (Å²) in [5, 5.41) is 17.2. The highest BCUT2D eigenvalue weighted by molar-refractivity contribution is 5.94. The van der Waals surface area contributed by atoms with Crippen LogP contribution >= 0.6 is 0 Å². The second-order valence-electron chi connectivity index (χ2n) is 4.36. The molecule has 0 unspecified atom stereocenters. The first-order chi connectivity index (χ1) is 10.1. The van der Waals surface area contributed by atoms with Gasteiger partial charge in [0.25, 0.3) is 11.5 Å². The van der Waals surface area contributed by atoms with Gasteiger partial charge in [-0.15, -0.1) is 0 Å². The number of carbonyl (C=O) groups is 2. The highest BCUT2D eigenvalue weighted by Crippen LogP contribution is 2.04. The largest absolute Gasteiger partial charge is 0.480 e. The maximum atomic E-state index is 11.9. The van der Waals surface area contributed by atoms with Gasteiger partial charge in [-0.3, -0.25) is 9.59 Å². The van der Waals surface area contributed by atoms with Crippen molar-refractivity contribution in [1.29, 1.82) is 0 Å². The van der Waals surface area contributed by atoms with Crippen molar-refractivity contribution in [3.63, 3.8) is 0 Å². The van der Waals surface area contributed by atoms with Crippen LogP contribution in [-0.4, -0.2) is 33.2 Å². The van der Waals surface area contributed by atoms with Crippen molar-refractivity contribution in [2.75, 3.05) is 0 Å². The third-order valence-corrected chi connectivity index (χ3v) is 2.80. The molecule has 2 rings (SSSR count). The number of carbonyl (C=O) groups excluding carboxylic acids is 1. The highest BCUT2D eigenvalue weighted by Gasteiger charge is 2.21. The summed E-state index contributed by atoms with van der Waals surface area (Å²) in [4.78, 5) is 34.0. The van der Waals surface area contributed by atoms with E-state index in [0.717, 1.165) is 11.6 Å². The molecule has 2 aromatic rings. The summed E-state index contributed by atoms with van der Waals surface area (Å²) >= 11 is 0. The average molecular weight is 287 g/mol. The monoisotopic (exact) mass is 287 g/mol. The van der Waals surface area contributed by atoms with Crippen molar-refractivity contribution in [1.82, 2.24) is 15.5 Å². The lowest BCUT2D eigenvalue weighted by atomic mass is 10.1. The van der Waals surface area contributed by atoms with E-state index >= 15 is 0 Å². The number of nitrogens with one attached hydrogen (secondary N) is 2. The van der Waals surface area contributed by atoms with Gasteiger partial charge in [-0.25, -0.2) is 9.89 Å². The van der Waals surface area contributed by atoms with E-state index in [-0.39, 0.29) is 12.1 Å². The van der Waals surface area contributed by atoms with Gasteiger partial charge < -0.3 is 10.4 Å². The number of carboxylic acids is 1. The number of nitrogens with zero attached hydrogens (tertiary/aromatic N) is 1. The van der Waals surface area contributed by atoms with Gasteiger partial charge in [-0.1, -0.05) is 30.3 Å². The smallest absolute Gasteiger partial charge is 0.326 e. The zero-order chi connectivity index (χ0) is 15.2. The van der Waals surface area contributed by atoms with Gasteiger partial charge in [0, 0.05) is 12.5 Å². The summed E-state index contributed by atoms with van der Waals surface area (Å²) in [6.45, 7) is 0. The zero-order valence-electron chi connectivity index (χ0n) is 10.9. The molecule has 7 nitrogen and oxygen atoms in total. The molecule has 0 aliphatic heterocycles. The van der Waals surface area contributed by atoms with Gasteiger partial charge in [0.05, 0.1) is 0 Å². The van der Waals surface area contributed by atoms with Crippen molar-refractivity contribution in [3.05, 3.63) is 64.1 Å². The lowest BCUT2D eigenvalue weighted by Crippen LogP contribution is -2.42. The minimum atomic E-state index is -1.14. The average Bonchev–Trinajstić information content (AvgIpc) is 2.48. The van der Waals surface area contributed by atoms with E-state index in [1.165, 1.54) is 6.07 Å². The van der Waals surface area contributed by atoms with Gasteiger partial charge in [-0.2, -0.15) is 5.10 Å². The van der Waals surface area contributed by atoms with Crippen LogP contribution in [0, 0.1) is 0 Å². The predicted octanol–water partition coefficient (Wildman–Crippen LogP) is 0.196.